The predicted octanol–water partition coefficient (Wildman–Crippen LogP) is 5.72. The average molecular weight is 612 g/mol. The standard InChI is InChI=1S/C32H38ClN3O5S/c1-23-12-14-25(15-13-23)21-35(24(2)32(38)34-27-9-5-4-6-10-27)31(37)22-36(28-11-7-8-26(33)20-28)42(39,40)30-18-16-29(41-3)17-19-30/h7-8,11-20,24,27H,4-6,9-10,21-22H2,1-3H3,(H,34,38). The molecule has 1 N–H and O–H groups in total. The maximum Gasteiger partial charge on any atom is 0.264 e. The predicted molar refractivity (Wildman–Crippen MR) is 165 cm³/mol. The molecular weight excluding hydrogens is 574 g/mol. The zero-order valence-corrected chi connectivity index (χ0v) is 25.8. The Morgan fingerprint density at radius 2 is 1.67 bits per heavy atom. The summed E-state index contributed by atoms with van der Waals surface area (Å²) in [5.41, 5.74) is 2.14. The minimum atomic E-state index is -4.20. The fraction of sp³-hybridized carbons (Fsp3) is 0.375. The molecule has 8 nitrogen and oxygen atoms in total. The Hall–Kier alpha value is -3.56. The Bertz CT molecular complexity index is 1470. The Kier molecular flexibility index (Phi) is 10.5. The number of benzene rings is 3. The van der Waals surface area contributed by atoms with E-state index in [1.165, 1.54) is 30.2 Å². The molecule has 1 saturated carbocycles. The highest BCUT2D eigenvalue weighted by Crippen LogP contribution is 2.28. The molecule has 4 rings (SSSR count). The largest absolute Gasteiger partial charge is 0.497 e. The molecule has 1 unspecified atom stereocenters. The highest BCUT2D eigenvalue weighted by molar-refractivity contribution is 7.92. The first-order valence-electron chi connectivity index (χ1n) is 14.2. The first-order chi connectivity index (χ1) is 20.1. The number of hydrogen-bond acceptors (Lipinski definition) is 5. The van der Waals surface area contributed by atoms with Gasteiger partial charge in [-0.3, -0.25) is 13.9 Å². The maximum absolute atomic E-state index is 14.1. The van der Waals surface area contributed by atoms with Gasteiger partial charge in [-0.15, -0.1) is 0 Å². The van der Waals surface area contributed by atoms with Crippen molar-refractivity contribution in [2.75, 3.05) is 18.0 Å². The molecule has 42 heavy (non-hydrogen) atoms. The van der Waals surface area contributed by atoms with Gasteiger partial charge in [-0.2, -0.15) is 0 Å². The molecule has 0 bridgehead atoms. The van der Waals surface area contributed by atoms with Crippen molar-refractivity contribution in [3.05, 3.63) is 88.9 Å². The Morgan fingerprint density at radius 1 is 1.00 bits per heavy atom. The number of anilines is 1. The molecular formula is C32H38ClN3O5S. The molecule has 224 valence electrons. The summed E-state index contributed by atoms with van der Waals surface area (Å²) in [5.74, 6) is -0.269. The number of sulfonamides is 1. The molecule has 1 atom stereocenters. The van der Waals surface area contributed by atoms with Gasteiger partial charge in [0.25, 0.3) is 10.0 Å². The summed E-state index contributed by atoms with van der Waals surface area (Å²) in [4.78, 5) is 28.9. The van der Waals surface area contributed by atoms with Crippen LogP contribution in [0.5, 0.6) is 5.75 Å². The number of amides is 2. The maximum atomic E-state index is 14.1. The Balaban J connectivity index is 1.67. The fourth-order valence-electron chi connectivity index (χ4n) is 5.08. The number of methoxy groups -OCH3 is 1. The SMILES string of the molecule is COc1ccc(S(=O)(=O)N(CC(=O)N(Cc2ccc(C)cc2)C(C)C(=O)NC2CCCCC2)c2cccc(Cl)c2)cc1. The minimum absolute atomic E-state index is 0.00995. The number of hydrogen-bond donors (Lipinski definition) is 1. The summed E-state index contributed by atoms with van der Waals surface area (Å²) in [7, 11) is -2.71. The molecule has 0 saturated heterocycles. The molecule has 3 aromatic rings. The van der Waals surface area contributed by atoms with Crippen LogP contribution in [0.25, 0.3) is 0 Å². The molecule has 3 aromatic carbocycles. The second-order valence-corrected chi connectivity index (χ2v) is 13.0. The van der Waals surface area contributed by atoms with Crippen molar-refractivity contribution in [2.45, 2.75) is 69.5 Å². The lowest BCUT2D eigenvalue weighted by Gasteiger charge is -2.33. The van der Waals surface area contributed by atoms with Gasteiger partial charge < -0.3 is 15.0 Å². The lowest BCUT2D eigenvalue weighted by molar-refractivity contribution is -0.139. The highest BCUT2D eigenvalue weighted by Gasteiger charge is 2.33. The summed E-state index contributed by atoms with van der Waals surface area (Å²) in [6.45, 7) is 3.28. The molecule has 0 spiro atoms. The third-order valence-corrected chi connectivity index (χ3v) is 9.64. The number of nitrogens with zero attached hydrogens (tertiary/aromatic N) is 2. The quantitative estimate of drug-likeness (QED) is 0.299. The number of rotatable bonds is 11. The zero-order chi connectivity index (χ0) is 30.3. The monoisotopic (exact) mass is 611 g/mol. The van der Waals surface area contributed by atoms with E-state index in [0.29, 0.717) is 10.8 Å². The number of halogens is 1. The van der Waals surface area contributed by atoms with E-state index >= 15 is 0 Å². The molecule has 0 radical (unpaired) electrons. The molecule has 1 fully saturated rings. The van der Waals surface area contributed by atoms with E-state index in [-0.39, 0.29) is 29.1 Å². The van der Waals surface area contributed by atoms with Crippen molar-refractivity contribution >= 4 is 39.1 Å². The lowest BCUT2D eigenvalue weighted by Crippen LogP contribution is -2.53. The zero-order valence-electron chi connectivity index (χ0n) is 24.3. The average Bonchev–Trinajstić information content (AvgIpc) is 2.99. The van der Waals surface area contributed by atoms with E-state index in [0.717, 1.165) is 47.5 Å². The van der Waals surface area contributed by atoms with Crippen LogP contribution in [0.2, 0.25) is 5.02 Å². The number of nitrogens with one attached hydrogen (secondary N) is 1. The van der Waals surface area contributed by atoms with Crippen LogP contribution >= 0.6 is 11.6 Å². The van der Waals surface area contributed by atoms with E-state index in [4.69, 9.17) is 16.3 Å². The summed E-state index contributed by atoms with van der Waals surface area (Å²) >= 11 is 6.24. The van der Waals surface area contributed by atoms with E-state index in [1.807, 2.05) is 31.2 Å². The van der Waals surface area contributed by atoms with Crippen molar-refractivity contribution in [2.24, 2.45) is 0 Å². The van der Waals surface area contributed by atoms with Crippen molar-refractivity contribution in [3.8, 4) is 5.75 Å². The normalized spacial score (nSPS) is 14.6. The van der Waals surface area contributed by atoms with Crippen LogP contribution < -0.4 is 14.4 Å². The summed E-state index contributed by atoms with van der Waals surface area (Å²) < 4.78 is 34.1. The van der Waals surface area contributed by atoms with Crippen LogP contribution in [-0.4, -0.2) is 50.9 Å². The first kappa shape index (κ1) is 31.4. The Labute approximate surface area is 253 Å². The van der Waals surface area contributed by atoms with Gasteiger partial charge in [-0.25, -0.2) is 8.42 Å². The number of carbonyl (C=O) groups is 2. The van der Waals surface area contributed by atoms with E-state index < -0.39 is 28.5 Å². The van der Waals surface area contributed by atoms with E-state index in [1.54, 1.807) is 37.3 Å². The molecule has 0 aromatic heterocycles. The highest BCUT2D eigenvalue weighted by atomic mass is 35.5. The minimum Gasteiger partial charge on any atom is -0.497 e. The summed E-state index contributed by atoms with van der Waals surface area (Å²) in [6, 6.07) is 19.2. The molecule has 0 aliphatic heterocycles. The second kappa shape index (κ2) is 14.1. The van der Waals surface area contributed by atoms with Crippen molar-refractivity contribution < 1.29 is 22.7 Å². The van der Waals surface area contributed by atoms with Gasteiger partial charge in [0.1, 0.15) is 18.3 Å². The summed E-state index contributed by atoms with van der Waals surface area (Å²) in [5, 5.41) is 3.44. The van der Waals surface area contributed by atoms with Crippen molar-refractivity contribution in [1.29, 1.82) is 0 Å². The third-order valence-electron chi connectivity index (χ3n) is 7.61. The van der Waals surface area contributed by atoms with Crippen molar-refractivity contribution in [1.82, 2.24) is 10.2 Å². The molecule has 2 amide bonds. The third kappa shape index (κ3) is 7.83. The number of carbonyl (C=O) groups excluding carboxylic acids is 2. The van der Waals surface area contributed by atoms with Gasteiger partial charge in [-0.1, -0.05) is 66.8 Å². The van der Waals surface area contributed by atoms with Gasteiger partial charge in [0, 0.05) is 17.6 Å². The molecule has 10 heteroatoms. The smallest absolute Gasteiger partial charge is 0.264 e. The van der Waals surface area contributed by atoms with Crippen LogP contribution in [0, 0.1) is 6.92 Å². The summed E-state index contributed by atoms with van der Waals surface area (Å²) in [6.07, 6.45) is 5.09. The van der Waals surface area contributed by atoms with Gasteiger partial charge in [0.2, 0.25) is 11.8 Å². The van der Waals surface area contributed by atoms with Crippen molar-refractivity contribution in [3.63, 3.8) is 0 Å². The fourth-order valence-corrected chi connectivity index (χ4v) is 6.67. The first-order valence-corrected chi connectivity index (χ1v) is 16.0. The Morgan fingerprint density at radius 3 is 2.29 bits per heavy atom. The van der Waals surface area contributed by atoms with E-state index in [2.05, 4.69) is 5.32 Å². The topological polar surface area (TPSA) is 96.0 Å². The van der Waals surface area contributed by atoms with Crippen LogP contribution in [0.4, 0.5) is 5.69 Å². The van der Waals surface area contributed by atoms with Gasteiger partial charge in [-0.05, 0) is 74.7 Å². The number of ether oxygens (including phenoxy) is 1. The van der Waals surface area contributed by atoms with Crippen LogP contribution in [-0.2, 0) is 26.2 Å². The van der Waals surface area contributed by atoms with Gasteiger partial charge >= 0.3 is 0 Å². The second-order valence-electron chi connectivity index (χ2n) is 10.7. The lowest BCUT2D eigenvalue weighted by atomic mass is 9.95. The van der Waals surface area contributed by atoms with Crippen LogP contribution in [0.3, 0.4) is 0 Å². The molecule has 0 heterocycles. The van der Waals surface area contributed by atoms with Gasteiger partial charge in [0.15, 0.2) is 0 Å². The van der Waals surface area contributed by atoms with E-state index in [9.17, 15) is 18.0 Å². The number of aryl methyl sites for hydroxylation is 1. The molecule has 1 aliphatic carbocycles. The molecule has 1 aliphatic rings. The van der Waals surface area contributed by atoms with Crippen LogP contribution in [0.15, 0.2) is 77.7 Å². The van der Waals surface area contributed by atoms with Crippen LogP contribution in [0.1, 0.15) is 50.2 Å². The van der Waals surface area contributed by atoms with Gasteiger partial charge in [0.05, 0.1) is 17.7 Å².